The summed E-state index contributed by atoms with van der Waals surface area (Å²) in [5, 5.41) is 22.0. The van der Waals surface area contributed by atoms with Crippen LogP contribution in [0.4, 0.5) is 5.69 Å². The molecule has 0 radical (unpaired) electrons. The van der Waals surface area contributed by atoms with Crippen molar-refractivity contribution in [3.05, 3.63) is 88.5 Å². The Balaban J connectivity index is 1.98. The molecule has 4 rings (SSSR count). The van der Waals surface area contributed by atoms with Gasteiger partial charge in [-0.05, 0) is 61.2 Å². The molecular formula is C29H29NO6. The van der Waals surface area contributed by atoms with Crippen LogP contribution in [0.15, 0.2) is 66.2 Å². The van der Waals surface area contributed by atoms with Gasteiger partial charge in [0.2, 0.25) is 0 Å². The minimum atomic E-state index is -1.01. The fourth-order valence-electron chi connectivity index (χ4n) is 4.41. The Labute approximate surface area is 210 Å². The fraction of sp³-hybridized carbons (Fsp3) is 0.241. The predicted octanol–water partition coefficient (Wildman–Crippen LogP) is 5.30. The number of nitrogens with zero attached hydrogens (tertiary/aromatic N) is 1. The molecule has 0 bridgehead atoms. The van der Waals surface area contributed by atoms with E-state index in [0.29, 0.717) is 29.2 Å². The van der Waals surface area contributed by atoms with E-state index in [2.05, 4.69) is 0 Å². The number of Topliss-reactive ketones (excluding diaryl/α,β-unsaturated/α-hetero) is 1. The number of hydrogen-bond donors (Lipinski definition) is 2. The number of aliphatic hydroxyl groups is 1. The molecule has 2 N–H and O–H groups in total. The van der Waals surface area contributed by atoms with E-state index in [0.717, 1.165) is 17.5 Å². The molecule has 1 amide bonds. The molecule has 3 aromatic carbocycles. The van der Waals surface area contributed by atoms with Crippen LogP contribution in [0, 0.1) is 6.92 Å². The lowest BCUT2D eigenvalue weighted by Gasteiger charge is -2.27. The van der Waals surface area contributed by atoms with Gasteiger partial charge in [-0.2, -0.15) is 0 Å². The smallest absolute Gasteiger partial charge is 0.300 e. The Bertz CT molecular complexity index is 1340. The molecule has 0 saturated carbocycles. The first kappa shape index (κ1) is 24.9. The number of benzene rings is 3. The number of carbonyl (C=O) groups is 2. The van der Waals surface area contributed by atoms with Gasteiger partial charge in [0.15, 0.2) is 11.5 Å². The van der Waals surface area contributed by atoms with Crippen molar-refractivity contribution in [2.24, 2.45) is 0 Å². The number of ether oxygens (including phenoxy) is 2. The van der Waals surface area contributed by atoms with Crippen molar-refractivity contribution in [1.82, 2.24) is 0 Å². The summed E-state index contributed by atoms with van der Waals surface area (Å²) in [6.45, 7) is 6.06. The van der Waals surface area contributed by atoms with E-state index in [4.69, 9.17) is 9.47 Å². The van der Waals surface area contributed by atoms with Crippen LogP contribution in [-0.4, -0.2) is 35.6 Å². The van der Waals surface area contributed by atoms with Crippen LogP contribution in [-0.2, 0) is 16.0 Å². The first-order valence-corrected chi connectivity index (χ1v) is 11.8. The van der Waals surface area contributed by atoms with Crippen molar-refractivity contribution >= 4 is 23.1 Å². The maximum atomic E-state index is 13.4. The summed E-state index contributed by atoms with van der Waals surface area (Å²) in [5.41, 5.74) is 2.91. The van der Waals surface area contributed by atoms with Gasteiger partial charge in [0, 0.05) is 5.56 Å². The number of hydrogen-bond acceptors (Lipinski definition) is 6. The van der Waals surface area contributed by atoms with Gasteiger partial charge in [0.1, 0.15) is 11.5 Å². The molecule has 1 fully saturated rings. The molecule has 3 aromatic rings. The van der Waals surface area contributed by atoms with E-state index >= 15 is 0 Å². The molecule has 1 atom stereocenters. The number of aryl methyl sites for hydroxylation is 2. The normalized spacial score (nSPS) is 16.9. The van der Waals surface area contributed by atoms with Crippen LogP contribution < -0.4 is 14.4 Å². The monoisotopic (exact) mass is 487 g/mol. The van der Waals surface area contributed by atoms with Gasteiger partial charge in [0.25, 0.3) is 11.7 Å². The van der Waals surface area contributed by atoms with Gasteiger partial charge in [-0.25, -0.2) is 0 Å². The molecule has 1 aliphatic heterocycles. The molecule has 7 heteroatoms. The second-order valence-corrected chi connectivity index (χ2v) is 8.56. The van der Waals surface area contributed by atoms with Crippen LogP contribution in [0.3, 0.4) is 0 Å². The van der Waals surface area contributed by atoms with Crippen LogP contribution in [0.2, 0.25) is 0 Å². The highest BCUT2D eigenvalue weighted by Gasteiger charge is 2.48. The first-order valence-electron chi connectivity index (χ1n) is 11.8. The third kappa shape index (κ3) is 4.40. The molecule has 0 aromatic heterocycles. The van der Waals surface area contributed by atoms with E-state index in [1.165, 1.54) is 18.1 Å². The van der Waals surface area contributed by atoms with Crippen molar-refractivity contribution in [3.8, 4) is 17.2 Å². The Morgan fingerprint density at radius 2 is 1.69 bits per heavy atom. The van der Waals surface area contributed by atoms with Gasteiger partial charge >= 0.3 is 0 Å². The SMILES string of the molecule is CCOc1cc(C2/C(=C(/O)c3ccc(CC)cc3)C(=O)C(=O)N2c2cc(C)ccc2O)ccc1OC. The highest BCUT2D eigenvalue weighted by Crippen LogP contribution is 2.46. The largest absolute Gasteiger partial charge is 0.507 e. The van der Waals surface area contributed by atoms with Crippen LogP contribution >= 0.6 is 0 Å². The lowest BCUT2D eigenvalue weighted by atomic mass is 9.94. The zero-order chi connectivity index (χ0) is 26.0. The lowest BCUT2D eigenvalue weighted by Crippen LogP contribution is -2.29. The van der Waals surface area contributed by atoms with Crippen molar-refractivity contribution in [1.29, 1.82) is 0 Å². The second-order valence-electron chi connectivity index (χ2n) is 8.56. The summed E-state index contributed by atoms with van der Waals surface area (Å²) >= 11 is 0. The molecule has 1 saturated heterocycles. The van der Waals surface area contributed by atoms with E-state index in [9.17, 15) is 19.8 Å². The molecular weight excluding hydrogens is 458 g/mol. The summed E-state index contributed by atoms with van der Waals surface area (Å²) in [4.78, 5) is 28.0. The molecule has 0 aliphatic carbocycles. The number of rotatable bonds is 7. The zero-order valence-electron chi connectivity index (χ0n) is 20.7. The van der Waals surface area contributed by atoms with E-state index in [-0.39, 0.29) is 22.8 Å². The first-order chi connectivity index (χ1) is 17.3. The van der Waals surface area contributed by atoms with Gasteiger partial charge in [-0.3, -0.25) is 14.5 Å². The Morgan fingerprint density at radius 3 is 2.33 bits per heavy atom. The molecule has 1 aliphatic rings. The number of phenols is 1. The topological polar surface area (TPSA) is 96.3 Å². The average Bonchev–Trinajstić information content (AvgIpc) is 3.15. The third-order valence-corrected chi connectivity index (χ3v) is 6.27. The number of carbonyl (C=O) groups excluding carboxylic acids is 2. The standard InChI is InChI=1S/C29H29NO6/c1-5-18-8-10-19(11-9-18)27(32)25-26(20-12-14-23(35-4)24(16-20)36-6-2)30(29(34)28(25)33)21-15-17(3)7-13-22(21)31/h7-16,26,31-32H,5-6H2,1-4H3/b27-25-. The highest BCUT2D eigenvalue weighted by molar-refractivity contribution is 6.52. The zero-order valence-corrected chi connectivity index (χ0v) is 20.7. The van der Waals surface area contributed by atoms with E-state index < -0.39 is 17.7 Å². The van der Waals surface area contributed by atoms with E-state index in [1.54, 1.807) is 42.5 Å². The van der Waals surface area contributed by atoms with Crippen molar-refractivity contribution in [2.45, 2.75) is 33.2 Å². The van der Waals surface area contributed by atoms with Crippen molar-refractivity contribution < 1.29 is 29.3 Å². The minimum Gasteiger partial charge on any atom is -0.507 e. The number of aromatic hydroxyl groups is 1. The molecule has 186 valence electrons. The summed E-state index contributed by atoms with van der Waals surface area (Å²) in [6.07, 6.45) is 0.824. The molecule has 0 spiro atoms. The maximum Gasteiger partial charge on any atom is 0.300 e. The van der Waals surface area contributed by atoms with Crippen LogP contribution in [0.5, 0.6) is 17.2 Å². The number of methoxy groups -OCH3 is 1. The second kappa shape index (κ2) is 10.2. The summed E-state index contributed by atoms with van der Waals surface area (Å²) in [5.74, 6) is -1.20. The van der Waals surface area contributed by atoms with Gasteiger partial charge in [-0.1, -0.05) is 43.3 Å². The Hall–Kier alpha value is -4.26. The number of aliphatic hydroxyl groups excluding tert-OH is 1. The van der Waals surface area contributed by atoms with Crippen molar-refractivity contribution in [3.63, 3.8) is 0 Å². The Kier molecular flexibility index (Phi) is 7.01. The fourth-order valence-corrected chi connectivity index (χ4v) is 4.41. The molecule has 1 unspecified atom stereocenters. The Morgan fingerprint density at radius 1 is 0.972 bits per heavy atom. The van der Waals surface area contributed by atoms with Gasteiger partial charge in [0.05, 0.1) is 31.0 Å². The van der Waals surface area contributed by atoms with Gasteiger partial charge in [-0.15, -0.1) is 0 Å². The summed E-state index contributed by atoms with van der Waals surface area (Å²) in [7, 11) is 1.52. The molecule has 1 heterocycles. The lowest BCUT2D eigenvalue weighted by molar-refractivity contribution is -0.132. The predicted molar refractivity (Wildman–Crippen MR) is 138 cm³/mol. The van der Waals surface area contributed by atoms with Crippen molar-refractivity contribution in [2.75, 3.05) is 18.6 Å². The number of phenolic OH excluding ortho intramolecular Hbond substituents is 1. The third-order valence-electron chi connectivity index (χ3n) is 6.27. The average molecular weight is 488 g/mol. The number of anilines is 1. The van der Waals surface area contributed by atoms with Crippen LogP contribution in [0.1, 0.15) is 42.1 Å². The van der Waals surface area contributed by atoms with Gasteiger partial charge < -0.3 is 19.7 Å². The quantitative estimate of drug-likeness (QED) is 0.267. The minimum absolute atomic E-state index is 0.0715. The van der Waals surface area contributed by atoms with Crippen LogP contribution in [0.25, 0.3) is 5.76 Å². The summed E-state index contributed by atoms with van der Waals surface area (Å²) < 4.78 is 11.1. The molecule has 36 heavy (non-hydrogen) atoms. The number of amides is 1. The summed E-state index contributed by atoms with van der Waals surface area (Å²) in [6, 6.07) is 16.1. The van der Waals surface area contributed by atoms with E-state index in [1.807, 2.05) is 32.9 Å². The highest BCUT2D eigenvalue weighted by atomic mass is 16.5. The molecule has 7 nitrogen and oxygen atoms in total. The maximum absolute atomic E-state index is 13.4. The number of ketones is 1.